The number of amides is 1. The van der Waals surface area contributed by atoms with Crippen LogP contribution in [0.1, 0.15) is 27.2 Å². The molecule has 1 heterocycles. The monoisotopic (exact) mass is 434 g/mol. The van der Waals surface area contributed by atoms with Crippen molar-refractivity contribution >= 4 is 35.2 Å². The summed E-state index contributed by atoms with van der Waals surface area (Å²) in [5.74, 6) is -0.460. The molecule has 156 valence electrons. The number of ether oxygens (including phenoxy) is 1. The van der Waals surface area contributed by atoms with Gasteiger partial charge in [-0.3, -0.25) is 4.79 Å². The van der Waals surface area contributed by atoms with Gasteiger partial charge in [-0.2, -0.15) is 5.26 Å². The Morgan fingerprint density at radius 2 is 1.90 bits per heavy atom. The number of nitrogens with one attached hydrogen (secondary N) is 1. The second kappa shape index (κ2) is 9.33. The first-order chi connectivity index (χ1) is 14.8. The number of rotatable bonds is 5. The normalized spacial score (nSPS) is 11.0. The summed E-state index contributed by atoms with van der Waals surface area (Å²) in [6.45, 7) is 3.78. The number of methoxy groups -OCH3 is 1. The first-order valence-electron chi connectivity index (χ1n) is 9.31. The second-order valence-corrected chi connectivity index (χ2v) is 7.26. The lowest BCUT2D eigenvalue weighted by Gasteiger charge is -2.08. The van der Waals surface area contributed by atoms with Gasteiger partial charge in [0.15, 0.2) is 0 Å². The minimum absolute atomic E-state index is 0.124. The summed E-state index contributed by atoms with van der Waals surface area (Å²) in [7, 11) is 1.28. The van der Waals surface area contributed by atoms with Crippen molar-refractivity contribution in [1.82, 2.24) is 0 Å². The molecule has 3 rings (SSSR count). The van der Waals surface area contributed by atoms with E-state index < -0.39 is 11.9 Å². The van der Waals surface area contributed by atoms with Gasteiger partial charge < -0.3 is 14.5 Å². The third-order valence-corrected chi connectivity index (χ3v) is 4.81. The van der Waals surface area contributed by atoms with Crippen LogP contribution in [0.2, 0.25) is 5.02 Å². The van der Waals surface area contributed by atoms with Crippen molar-refractivity contribution < 1.29 is 18.7 Å². The van der Waals surface area contributed by atoms with Gasteiger partial charge in [0.2, 0.25) is 0 Å². The molecule has 0 atom stereocenters. The molecule has 1 aromatic heterocycles. The van der Waals surface area contributed by atoms with Gasteiger partial charge in [-0.05, 0) is 61.4 Å². The Kier molecular flexibility index (Phi) is 6.58. The van der Waals surface area contributed by atoms with Crippen LogP contribution in [0.15, 0.2) is 58.5 Å². The maximum Gasteiger partial charge on any atom is 0.338 e. The largest absolute Gasteiger partial charge is 0.465 e. The van der Waals surface area contributed by atoms with Crippen LogP contribution < -0.4 is 5.32 Å². The highest BCUT2D eigenvalue weighted by Gasteiger charge is 2.17. The lowest BCUT2D eigenvalue weighted by Crippen LogP contribution is -2.14. The van der Waals surface area contributed by atoms with Gasteiger partial charge >= 0.3 is 5.97 Å². The number of hydrogen-bond donors (Lipinski definition) is 1. The minimum atomic E-state index is -0.549. The zero-order valence-corrected chi connectivity index (χ0v) is 17.9. The number of esters is 1. The Hall–Kier alpha value is -3.82. The topological polar surface area (TPSA) is 92.3 Å². The Morgan fingerprint density at radius 1 is 1.13 bits per heavy atom. The minimum Gasteiger partial charge on any atom is -0.465 e. The predicted molar refractivity (Wildman–Crippen MR) is 119 cm³/mol. The maximum atomic E-state index is 12.6. The van der Waals surface area contributed by atoms with E-state index in [1.54, 1.807) is 30.3 Å². The summed E-state index contributed by atoms with van der Waals surface area (Å²) in [5, 5.41) is 12.6. The number of carbonyl (C=O) groups is 2. The number of furan rings is 1. The highest BCUT2D eigenvalue weighted by Crippen LogP contribution is 2.30. The van der Waals surface area contributed by atoms with Gasteiger partial charge in [0, 0.05) is 22.3 Å². The summed E-state index contributed by atoms with van der Waals surface area (Å²) < 4.78 is 10.6. The zero-order valence-electron chi connectivity index (χ0n) is 17.2. The fraction of sp³-hybridized carbons (Fsp3) is 0.125. The summed E-state index contributed by atoms with van der Waals surface area (Å²) in [5.41, 5.74) is 3.10. The van der Waals surface area contributed by atoms with Crippen molar-refractivity contribution in [2.24, 2.45) is 0 Å². The molecular weight excluding hydrogens is 416 g/mol. The van der Waals surface area contributed by atoms with E-state index >= 15 is 0 Å². The average Bonchev–Trinajstić information content (AvgIpc) is 3.22. The molecule has 0 saturated carbocycles. The van der Waals surface area contributed by atoms with Crippen LogP contribution in [0.5, 0.6) is 0 Å². The average molecular weight is 435 g/mol. The number of nitrogens with zero attached hydrogens (tertiary/aromatic N) is 1. The Balaban J connectivity index is 1.90. The van der Waals surface area contributed by atoms with E-state index in [2.05, 4.69) is 5.32 Å². The summed E-state index contributed by atoms with van der Waals surface area (Å²) in [4.78, 5) is 24.6. The standard InChI is InChI=1S/C24H19ClN2O4/c1-14-4-5-15(2)21(10-14)27-23(28)16(13-26)11-18-7-9-22(31-18)20-12-17(25)6-8-19(20)24(29)30-3/h4-12H,1-3H3,(H,27,28)/b16-11+. The molecule has 2 aromatic carbocycles. The van der Waals surface area contributed by atoms with E-state index in [-0.39, 0.29) is 16.9 Å². The van der Waals surface area contributed by atoms with Crippen molar-refractivity contribution in [2.75, 3.05) is 12.4 Å². The van der Waals surface area contributed by atoms with Crippen molar-refractivity contribution in [3.05, 3.63) is 81.6 Å². The van der Waals surface area contributed by atoms with Crippen LogP contribution >= 0.6 is 11.6 Å². The van der Waals surface area contributed by atoms with Crippen molar-refractivity contribution in [3.8, 4) is 17.4 Å². The van der Waals surface area contributed by atoms with Crippen LogP contribution in [0.3, 0.4) is 0 Å². The molecule has 1 N–H and O–H groups in total. The van der Waals surface area contributed by atoms with E-state index in [0.29, 0.717) is 22.0 Å². The molecule has 0 aliphatic heterocycles. The summed E-state index contributed by atoms with van der Waals surface area (Å²) in [6.07, 6.45) is 1.34. The first kappa shape index (κ1) is 21.9. The Bertz CT molecular complexity index is 1230. The van der Waals surface area contributed by atoms with E-state index in [9.17, 15) is 14.9 Å². The summed E-state index contributed by atoms with van der Waals surface area (Å²) >= 11 is 6.07. The van der Waals surface area contributed by atoms with Crippen LogP contribution in [-0.2, 0) is 9.53 Å². The predicted octanol–water partition coefficient (Wildman–Crippen LogP) is 5.55. The molecule has 3 aromatic rings. The number of hydrogen-bond acceptors (Lipinski definition) is 5. The van der Waals surface area contributed by atoms with Crippen molar-refractivity contribution in [2.45, 2.75) is 13.8 Å². The third-order valence-electron chi connectivity index (χ3n) is 4.57. The number of nitriles is 1. The molecule has 0 unspecified atom stereocenters. The zero-order chi connectivity index (χ0) is 22.5. The number of carbonyl (C=O) groups excluding carboxylic acids is 2. The SMILES string of the molecule is COC(=O)c1ccc(Cl)cc1-c1ccc(/C=C(\C#N)C(=O)Nc2cc(C)ccc2C)o1. The number of anilines is 1. The molecule has 0 spiro atoms. The highest BCUT2D eigenvalue weighted by atomic mass is 35.5. The van der Waals surface area contributed by atoms with Crippen LogP contribution in [0, 0.1) is 25.2 Å². The quantitative estimate of drug-likeness (QED) is 0.323. The molecule has 0 radical (unpaired) electrons. The lowest BCUT2D eigenvalue weighted by atomic mass is 10.1. The van der Waals surface area contributed by atoms with Crippen molar-refractivity contribution in [1.29, 1.82) is 5.26 Å². The second-order valence-electron chi connectivity index (χ2n) is 6.83. The number of benzene rings is 2. The Morgan fingerprint density at radius 3 is 2.61 bits per heavy atom. The molecule has 6 nitrogen and oxygen atoms in total. The molecular formula is C24H19ClN2O4. The maximum absolute atomic E-state index is 12.6. The molecule has 31 heavy (non-hydrogen) atoms. The highest BCUT2D eigenvalue weighted by molar-refractivity contribution is 6.31. The molecule has 0 bridgehead atoms. The lowest BCUT2D eigenvalue weighted by molar-refractivity contribution is -0.112. The van der Waals surface area contributed by atoms with E-state index in [0.717, 1.165) is 11.1 Å². The fourth-order valence-corrected chi connectivity index (χ4v) is 3.11. The molecule has 0 saturated heterocycles. The Labute approximate surface area is 184 Å². The van der Waals surface area contributed by atoms with Gasteiger partial charge in [0.25, 0.3) is 5.91 Å². The summed E-state index contributed by atoms with van der Waals surface area (Å²) in [6, 6.07) is 15.5. The van der Waals surface area contributed by atoms with Crippen LogP contribution in [0.25, 0.3) is 17.4 Å². The van der Waals surface area contributed by atoms with Crippen LogP contribution in [-0.4, -0.2) is 19.0 Å². The van der Waals surface area contributed by atoms with Gasteiger partial charge in [0.05, 0.1) is 12.7 Å². The van der Waals surface area contributed by atoms with E-state index in [1.165, 1.54) is 13.2 Å². The molecule has 0 aliphatic rings. The van der Waals surface area contributed by atoms with Crippen molar-refractivity contribution in [3.63, 3.8) is 0 Å². The molecule has 1 amide bonds. The van der Waals surface area contributed by atoms with Gasteiger partial charge in [-0.25, -0.2) is 4.79 Å². The first-order valence-corrected chi connectivity index (χ1v) is 9.68. The van der Waals surface area contributed by atoms with Gasteiger partial charge in [-0.1, -0.05) is 23.7 Å². The van der Waals surface area contributed by atoms with Gasteiger partial charge in [0.1, 0.15) is 23.2 Å². The molecule has 0 aliphatic carbocycles. The fourth-order valence-electron chi connectivity index (χ4n) is 2.93. The van der Waals surface area contributed by atoms with E-state index in [4.69, 9.17) is 20.8 Å². The van der Waals surface area contributed by atoms with E-state index in [1.807, 2.05) is 38.1 Å². The molecule has 7 heteroatoms. The van der Waals surface area contributed by atoms with Gasteiger partial charge in [-0.15, -0.1) is 0 Å². The van der Waals surface area contributed by atoms with Crippen LogP contribution in [0.4, 0.5) is 5.69 Å². The molecule has 0 fully saturated rings. The number of aryl methyl sites for hydroxylation is 2. The number of halogens is 1. The smallest absolute Gasteiger partial charge is 0.338 e. The third kappa shape index (κ3) is 5.03.